The smallest absolute Gasteiger partial charge is 0.143 e. The van der Waals surface area contributed by atoms with Gasteiger partial charge in [-0.15, -0.1) is 0 Å². The molecule has 3 aromatic carbocycles. The van der Waals surface area contributed by atoms with Crippen molar-refractivity contribution in [1.82, 2.24) is 0 Å². The summed E-state index contributed by atoms with van der Waals surface area (Å²) < 4.78 is 18.5. The van der Waals surface area contributed by atoms with Crippen LogP contribution < -0.4 is 0 Å². The maximum atomic E-state index is 6.76. The highest BCUT2D eigenvalue weighted by atomic mass is 16.5. The molecule has 0 atom stereocenters. The summed E-state index contributed by atoms with van der Waals surface area (Å²) in [5.74, 6) is 0. The zero-order chi connectivity index (χ0) is 29.4. The Kier molecular flexibility index (Phi) is 17.9. The summed E-state index contributed by atoms with van der Waals surface area (Å²) in [6.07, 6.45) is 19.3. The summed E-state index contributed by atoms with van der Waals surface area (Å²) in [4.78, 5) is 0. The molecule has 3 heteroatoms. The van der Waals surface area contributed by atoms with E-state index in [0.717, 1.165) is 29.7 Å². The molecular weight excluding hydrogens is 516 g/mol. The maximum absolute atomic E-state index is 6.76. The van der Waals surface area contributed by atoms with Crippen LogP contribution in [0.3, 0.4) is 0 Å². The summed E-state index contributed by atoms with van der Waals surface area (Å²) in [5.41, 5.74) is 2.63. The molecule has 0 aromatic heterocycles. The summed E-state index contributed by atoms with van der Waals surface area (Å²) in [7, 11) is 0. The normalized spacial score (nSPS) is 11.6. The van der Waals surface area contributed by atoms with Gasteiger partial charge in [0.1, 0.15) is 5.60 Å². The number of hydrogen-bond donors (Lipinski definition) is 0. The van der Waals surface area contributed by atoms with E-state index in [4.69, 9.17) is 14.2 Å². The molecule has 0 unspecified atom stereocenters. The van der Waals surface area contributed by atoms with Gasteiger partial charge >= 0.3 is 0 Å². The van der Waals surface area contributed by atoms with Crippen molar-refractivity contribution >= 4 is 0 Å². The molecule has 230 valence electrons. The van der Waals surface area contributed by atoms with E-state index < -0.39 is 5.60 Å². The van der Waals surface area contributed by atoms with Gasteiger partial charge in [0.2, 0.25) is 0 Å². The lowest BCUT2D eigenvalue weighted by Crippen LogP contribution is -2.34. The fourth-order valence-corrected chi connectivity index (χ4v) is 5.74. The monoisotopic (exact) mass is 572 g/mol. The third kappa shape index (κ3) is 12.4. The predicted molar refractivity (Wildman–Crippen MR) is 177 cm³/mol. The highest BCUT2D eigenvalue weighted by Gasteiger charge is 2.37. The largest absolute Gasteiger partial charge is 0.379 e. The summed E-state index contributed by atoms with van der Waals surface area (Å²) in [6, 6.07) is 31.5. The molecule has 0 saturated carbocycles. The first-order valence-corrected chi connectivity index (χ1v) is 16.8. The van der Waals surface area contributed by atoms with Gasteiger partial charge in [-0.1, -0.05) is 181 Å². The van der Waals surface area contributed by atoms with Crippen molar-refractivity contribution in [3.63, 3.8) is 0 Å². The SMILES string of the molecule is CCCCCCCCCCCCCCCCOCCOCCOC(c1ccccc1)(c1ccccc1)c1ccccc1. The Morgan fingerprint density at radius 1 is 0.381 bits per heavy atom. The van der Waals surface area contributed by atoms with Crippen LogP contribution >= 0.6 is 0 Å². The van der Waals surface area contributed by atoms with Gasteiger partial charge in [0, 0.05) is 6.61 Å². The first-order valence-electron chi connectivity index (χ1n) is 16.8. The second kappa shape index (κ2) is 22.1. The highest BCUT2D eigenvalue weighted by Crippen LogP contribution is 2.40. The second-order valence-electron chi connectivity index (χ2n) is 11.4. The number of ether oxygens (including phenoxy) is 3. The van der Waals surface area contributed by atoms with E-state index >= 15 is 0 Å². The fraction of sp³-hybridized carbons (Fsp3) is 0.538. The molecule has 0 fully saturated rings. The molecule has 0 aliphatic rings. The Balaban J connectivity index is 1.26. The molecule has 3 rings (SSSR count). The van der Waals surface area contributed by atoms with Gasteiger partial charge in [-0.05, 0) is 23.1 Å². The van der Waals surface area contributed by atoms with Crippen LogP contribution in [-0.4, -0.2) is 33.0 Å². The van der Waals surface area contributed by atoms with Crippen LogP contribution in [0.5, 0.6) is 0 Å². The van der Waals surface area contributed by atoms with Crippen LogP contribution in [0.15, 0.2) is 91.0 Å². The average Bonchev–Trinajstić information content (AvgIpc) is 3.05. The summed E-state index contributed by atoms with van der Waals surface area (Å²) >= 11 is 0. The van der Waals surface area contributed by atoms with Crippen molar-refractivity contribution in [2.24, 2.45) is 0 Å². The van der Waals surface area contributed by atoms with Crippen LogP contribution in [0.25, 0.3) is 0 Å². The minimum Gasteiger partial charge on any atom is -0.379 e. The number of hydrogen-bond acceptors (Lipinski definition) is 3. The van der Waals surface area contributed by atoms with E-state index in [9.17, 15) is 0 Å². The molecule has 0 saturated heterocycles. The quantitative estimate of drug-likeness (QED) is 0.0746. The van der Waals surface area contributed by atoms with E-state index in [1.54, 1.807) is 0 Å². The van der Waals surface area contributed by atoms with Crippen molar-refractivity contribution in [2.45, 2.75) is 102 Å². The van der Waals surface area contributed by atoms with Crippen molar-refractivity contribution < 1.29 is 14.2 Å². The van der Waals surface area contributed by atoms with Gasteiger partial charge < -0.3 is 14.2 Å². The Hall–Kier alpha value is -2.46. The third-order valence-corrected chi connectivity index (χ3v) is 8.10. The topological polar surface area (TPSA) is 27.7 Å². The lowest BCUT2D eigenvalue weighted by molar-refractivity contribution is -0.0334. The summed E-state index contributed by atoms with van der Waals surface area (Å²) in [6.45, 7) is 5.36. The average molecular weight is 573 g/mol. The van der Waals surface area contributed by atoms with Gasteiger partial charge in [0.25, 0.3) is 0 Å². The number of unbranched alkanes of at least 4 members (excludes halogenated alkanes) is 13. The Morgan fingerprint density at radius 3 is 1.12 bits per heavy atom. The first-order chi connectivity index (χ1) is 20.9. The number of benzene rings is 3. The minimum atomic E-state index is -0.697. The van der Waals surface area contributed by atoms with Crippen LogP contribution in [0, 0.1) is 0 Å². The molecule has 3 aromatic rings. The maximum Gasteiger partial charge on any atom is 0.143 e. The van der Waals surface area contributed by atoms with Crippen molar-refractivity contribution in [3.8, 4) is 0 Å². The standard InChI is InChI=1S/C39H56O3/c1-2-3-4-5-6-7-8-9-10-11-12-13-14-24-31-40-32-33-41-34-35-42-39(36-25-18-15-19-26-36,37-27-20-16-21-28-37)38-29-22-17-23-30-38/h15-23,25-30H,2-14,24,31-35H2,1H3. The molecule has 0 heterocycles. The highest BCUT2D eigenvalue weighted by molar-refractivity contribution is 5.47. The first kappa shape index (κ1) is 34.0. The van der Waals surface area contributed by atoms with Crippen molar-refractivity contribution in [3.05, 3.63) is 108 Å². The zero-order valence-corrected chi connectivity index (χ0v) is 26.3. The zero-order valence-electron chi connectivity index (χ0n) is 26.3. The third-order valence-electron chi connectivity index (χ3n) is 8.10. The lowest BCUT2D eigenvalue weighted by Gasteiger charge is -2.36. The summed E-state index contributed by atoms with van der Waals surface area (Å²) in [5, 5.41) is 0. The molecule has 0 radical (unpaired) electrons. The van der Waals surface area contributed by atoms with Gasteiger partial charge in [-0.25, -0.2) is 0 Å². The molecule has 0 spiro atoms. The number of rotatable bonds is 25. The van der Waals surface area contributed by atoms with Gasteiger partial charge in [0.05, 0.1) is 26.4 Å². The molecule has 0 bridgehead atoms. The van der Waals surface area contributed by atoms with E-state index in [1.165, 1.54) is 83.5 Å². The van der Waals surface area contributed by atoms with E-state index in [2.05, 4.69) is 79.7 Å². The molecule has 0 aliphatic heterocycles. The Labute approximate surface area is 257 Å². The Bertz CT molecular complexity index is 909. The Morgan fingerprint density at radius 2 is 0.714 bits per heavy atom. The van der Waals surface area contributed by atoms with Gasteiger partial charge in [-0.2, -0.15) is 0 Å². The van der Waals surface area contributed by atoms with Crippen molar-refractivity contribution in [2.75, 3.05) is 33.0 Å². The van der Waals surface area contributed by atoms with Crippen LogP contribution in [-0.2, 0) is 19.8 Å². The van der Waals surface area contributed by atoms with Crippen LogP contribution in [0.2, 0.25) is 0 Å². The minimum absolute atomic E-state index is 0.484. The van der Waals surface area contributed by atoms with Gasteiger partial charge in [0.15, 0.2) is 0 Å². The molecule has 42 heavy (non-hydrogen) atoms. The molecule has 0 N–H and O–H groups in total. The second-order valence-corrected chi connectivity index (χ2v) is 11.4. The van der Waals surface area contributed by atoms with E-state index in [0.29, 0.717) is 26.4 Å². The van der Waals surface area contributed by atoms with Gasteiger partial charge in [-0.3, -0.25) is 0 Å². The molecule has 0 aliphatic carbocycles. The van der Waals surface area contributed by atoms with Crippen LogP contribution in [0.4, 0.5) is 0 Å². The van der Waals surface area contributed by atoms with Crippen molar-refractivity contribution in [1.29, 1.82) is 0 Å². The molecular formula is C39H56O3. The fourth-order valence-electron chi connectivity index (χ4n) is 5.74. The van der Waals surface area contributed by atoms with Crippen LogP contribution in [0.1, 0.15) is 114 Å². The molecule has 3 nitrogen and oxygen atoms in total. The van der Waals surface area contributed by atoms with E-state index in [-0.39, 0.29) is 0 Å². The predicted octanol–water partition coefficient (Wildman–Crippen LogP) is 10.5. The van der Waals surface area contributed by atoms with E-state index in [1.807, 2.05) is 18.2 Å². The molecule has 0 amide bonds. The lowest BCUT2D eigenvalue weighted by atomic mass is 9.80.